The number of halogens is 3. The third-order valence-corrected chi connectivity index (χ3v) is 8.35. The van der Waals surface area contributed by atoms with Gasteiger partial charge in [0.05, 0.1) is 41.6 Å². The van der Waals surface area contributed by atoms with E-state index in [0.717, 1.165) is 17.2 Å². The molecule has 2 rings (SSSR count). The number of aliphatic hydroxyl groups excluding tert-OH is 1. The second-order valence-corrected chi connectivity index (χ2v) is 14.5. The molecule has 2 unspecified atom stereocenters. The van der Waals surface area contributed by atoms with Crippen molar-refractivity contribution in [2.75, 3.05) is 13.2 Å². The molecule has 0 saturated heterocycles. The predicted octanol–water partition coefficient (Wildman–Crippen LogP) is 8.71. The molecule has 0 fully saturated rings. The first-order chi connectivity index (χ1) is 20.3. The largest absolute Gasteiger partial charge is 0.493 e. The van der Waals surface area contributed by atoms with Crippen LogP contribution in [0.1, 0.15) is 96.4 Å². The van der Waals surface area contributed by atoms with Crippen molar-refractivity contribution in [3.63, 3.8) is 0 Å². The molecule has 0 radical (unpaired) electrons. The van der Waals surface area contributed by atoms with Crippen LogP contribution in [-0.2, 0) is 32.6 Å². The van der Waals surface area contributed by atoms with E-state index >= 15 is 0 Å². The Morgan fingerprint density at radius 3 is 2.07 bits per heavy atom. The summed E-state index contributed by atoms with van der Waals surface area (Å²) in [6.07, 6.45) is -2.92. The lowest BCUT2D eigenvalue weighted by Crippen LogP contribution is -2.48. The van der Waals surface area contributed by atoms with Crippen molar-refractivity contribution < 1.29 is 41.8 Å². The summed E-state index contributed by atoms with van der Waals surface area (Å²) < 4.78 is 65.9. The second kappa shape index (κ2) is 16.7. The van der Waals surface area contributed by atoms with Crippen molar-refractivity contribution in [2.45, 2.75) is 123 Å². The molecule has 0 aliphatic rings. The molecule has 250 valence electrons. The zero-order valence-corrected chi connectivity index (χ0v) is 28.3. The summed E-state index contributed by atoms with van der Waals surface area (Å²) in [4.78, 5) is 0. The molecule has 0 spiro atoms. The number of hydrogen-bond donors (Lipinski definition) is 3. The molecule has 0 aliphatic heterocycles. The van der Waals surface area contributed by atoms with Crippen molar-refractivity contribution in [3.8, 4) is 5.75 Å². The van der Waals surface area contributed by atoms with Gasteiger partial charge in [0.15, 0.2) is 0 Å². The van der Waals surface area contributed by atoms with Crippen LogP contribution < -0.4 is 10.2 Å². The third-order valence-electron chi connectivity index (χ3n) is 6.61. The van der Waals surface area contributed by atoms with Crippen molar-refractivity contribution in [1.82, 2.24) is 5.48 Å². The summed E-state index contributed by atoms with van der Waals surface area (Å²) in [5.74, 6) is -0.209. The molecule has 3 N–H and O–H groups in total. The molecule has 2 aromatic carbocycles. The van der Waals surface area contributed by atoms with E-state index < -0.39 is 43.2 Å². The van der Waals surface area contributed by atoms with Gasteiger partial charge in [-0.05, 0) is 117 Å². The monoisotopic (exact) mass is 645 g/mol. The second-order valence-electron chi connectivity index (χ2n) is 13.5. The Labute approximate surface area is 262 Å². The molecule has 0 amide bonds. The van der Waals surface area contributed by atoms with Crippen molar-refractivity contribution in [3.05, 3.63) is 64.7 Å². The Kier molecular flexibility index (Phi) is 14.6. The fraction of sp³-hybridized carbons (Fsp3) is 0.636. The van der Waals surface area contributed by atoms with Crippen LogP contribution in [-0.4, -0.2) is 46.4 Å². The number of alkyl halides is 3. The SMILES string of the molecule is Cc1cccc(CCCOc2ccc(CCC(CCC(C)O)(COP(OC(C)(C)C)OC(C)(C)C)NO)cc2C(F)(F)F)c1. The highest BCUT2D eigenvalue weighted by Gasteiger charge is 2.37. The van der Waals surface area contributed by atoms with Crippen LogP contribution in [0.2, 0.25) is 0 Å². The van der Waals surface area contributed by atoms with Crippen molar-refractivity contribution in [2.24, 2.45) is 0 Å². The van der Waals surface area contributed by atoms with Crippen LogP contribution in [0, 0.1) is 6.92 Å². The van der Waals surface area contributed by atoms with Gasteiger partial charge in [-0.25, -0.2) is 0 Å². The van der Waals surface area contributed by atoms with Crippen LogP contribution >= 0.6 is 8.60 Å². The number of hydroxylamine groups is 1. The fourth-order valence-electron chi connectivity index (χ4n) is 4.38. The zero-order valence-electron chi connectivity index (χ0n) is 27.4. The molecule has 2 aromatic rings. The highest BCUT2D eigenvalue weighted by Crippen LogP contribution is 2.48. The maximum Gasteiger partial charge on any atom is 0.419 e. The lowest BCUT2D eigenvalue weighted by atomic mass is 9.87. The molecular formula is C33H51F3NO6P. The quantitative estimate of drug-likeness (QED) is 0.0901. The van der Waals surface area contributed by atoms with Crippen LogP contribution in [0.3, 0.4) is 0 Å². The predicted molar refractivity (Wildman–Crippen MR) is 168 cm³/mol. The first-order valence-electron chi connectivity index (χ1n) is 15.1. The Morgan fingerprint density at radius 1 is 0.886 bits per heavy atom. The number of hydrogen-bond acceptors (Lipinski definition) is 7. The molecule has 44 heavy (non-hydrogen) atoms. The van der Waals surface area contributed by atoms with Gasteiger partial charge in [0.2, 0.25) is 0 Å². The molecule has 0 heterocycles. The third kappa shape index (κ3) is 14.5. The van der Waals surface area contributed by atoms with E-state index in [1.54, 1.807) is 13.0 Å². The summed E-state index contributed by atoms with van der Waals surface area (Å²) >= 11 is 0. The van der Waals surface area contributed by atoms with Gasteiger partial charge in [0.1, 0.15) is 5.75 Å². The minimum absolute atomic E-state index is 0.0532. The normalized spacial score (nSPS) is 15.0. The highest BCUT2D eigenvalue weighted by atomic mass is 31.2. The van der Waals surface area contributed by atoms with Gasteiger partial charge in [0, 0.05) is 0 Å². The lowest BCUT2D eigenvalue weighted by Gasteiger charge is -2.36. The van der Waals surface area contributed by atoms with Gasteiger partial charge in [-0.15, -0.1) is 0 Å². The average Bonchev–Trinajstić information content (AvgIpc) is 2.89. The molecule has 7 nitrogen and oxygen atoms in total. The van der Waals surface area contributed by atoms with E-state index in [-0.39, 0.29) is 31.8 Å². The minimum atomic E-state index is -4.60. The van der Waals surface area contributed by atoms with E-state index in [4.69, 9.17) is 18.3 Å². The molecule has 11 heteroatoms. The number of aliphatic hydroxyl groups is 1. The van der Waals surface area contributed by atoms with Gasteiger partial charge in [-0.2, -0.15) is 18.7 Å². The van der Waals surface area contributed by atoms with Crippen molar-refractivity contribution >= 4 is 8.60 Å². The van der Waals surface area contributed by atoms with E-state index in [1.807, 2.05) is 66.7 Å². The summed E-state index contributed by atoms with van der Waals surface area (Å²) in [5.41, 5.74) is 1.97. The number of ether oxygens (including phenoxy) is 1. The summed E-state index contributed by atoms with van der Waals surface area (Å²) in [6.45, 7) is 15.0. The smallest absolute Gasteiger partial charge is 0.419 e. The molecule has 0 saturated carbocycles. The summed E-state index contributed by atoms with van der Waals surface area (Å²) in [5, 5.41) is 20.3. The van der Waals surface area contributed by atoms with Gasteiger partial charge in [0.25, 0.3) is 0 Å². The molecule has 2 atom stereocenters. The maximum atomic E-state index is 14.1. The molecule has 0 aliphatic carbocycles. The van der Waals surface area contributed by atoms with Crippen LogP contribution in [0.25, 0.3) is 0 Å². The molecule has 0 aromatic heterocycles. The lowest BCUT2D eigenvalue weighted by molar-refractivity contribution is -0.139. The highest BCUT2D eigenvalue weighted by molar-refractivity contribution is 7.41. The summed E-state index contributed by atoms with van der Waals surface area (Å²) in [7, 11) is -1.83. The van der Waals surface area contributed by atoms with E-state index in [0.29, 0.717) is 31.2 Å². The number of aryl methyl sites for hydroxylation is 3. The number of nitrogens with one attached hydrogen (secondary N) is 1. The first kappa shape index (κ1) is 38.4. The van der Waals surface area contributed by atoms with Gasteiger partial charge < -0.3 is 28.6 Å². The minimum Gasteiger partial charge on any atom is -0.493 e. The Hall–Kier alpha value is -1.78. The molecule has 0 bridgehead atoms. The zero-order chi connectivity index (χ0) is 33.2. The van der Waals surface area contributed by atoms with Crippen LogP contribution in [0.4, 0.5) is 13.2 Å². The standard InChI is InChI=1S/C33H51F3NO6P/c1-24-11-9-12-26(21-24)13-10-20-40-29-15-14-27(22-28(29)33(34,35)36)17-19-32(37-39,18-16-25(2)38)23-41-44(42-30(3,4)5)43-31(6,7)8/h9,11-12,14-15,21-22,25,37-39H,10,13,16-20,23H2,1-8H3. The van der Waals surface area contributed by atoms with Crippen LogP contribution in [0.15, 0.2) is 42.5 Å². The Bertz CT molecular complexity index is 1130. The first-order valence-corrected chi connectivity index (χ1v) is 16.2. The van der Waals surface area contributed by atoms with Crippen molar-refractivity contribution in [1.29, 1.82) is 0 Å². The number of benzene rings is 2. The fourth-order valence-corrected chi connectivity index (χ4v) is 5.77. The Morgan fingerprint density at radius 2 is 1.52 bits per heavy atom. The van der Waals surface area contributed by atoms with Gasteiger partial charge in [-0.1, -0.05) is 35.9 Å². The van der Waals surface area contributed by atoms with E-state index in [9.17, 15) is 23.5 Å². The topological polar surface area (TPSA) is 89.4 Å². The van der Waals surface area contributed by atoms with Gasteiger partial charge >= 0.3 is 14.8 Å². The molecular weight excluding hydrogens is 594 g/mol. The van der Waals surface area contributed by atoms with E-state index in [2.05, 4.69) is 11.5 Å². The maximum absolute atomic E-state index is 14.1. The summed E-state index contributed by atoms with van der Waals surface area (Å²) in [6, 6.07) is 12.1. The van der Waals surface area contributed by atoms with E-state index in [1.165, 1.54) is 6.07 Å². The number of rotatable bonds is 17. The average molecular weight is 646 g/mol. The Balaban J connectivity index is 2.18. The van der Waals surface area contributed by atoms with Gasteiger partial charge in [-0.3, -0.25) is 0 Å². The van der Waals surface area contributed by atoms with Crippen LogP contribution in [0.5, 0.6) is 5.75 Å².